The molecule has 84 valence electrons. The third-order valence-corrected chi connectivity index (χ3v) is 2.77. The summed E-state index contributed by atoms with van der Waals surface area (Å²) >= 11 is 10.8. The minimum Gasteiger partial charge on any atom is -0.203 e. The van der Waals surface area contributed by atoms with Crippen molar-refractivity contribution in [2.75, 3.05) is 0 Å². The Morgan fingerprint density at radius 3 is 2.13 bits per heavy atom. The molecule has 0 aliphatic heterocycles. The van der Waals surface area contributed by atoms with E-state index < -0.39 is 10.3 Å². The molecular formula is C11H12Cl2F2. The molecule has 15 heavy (non-hydrogen) atoms. The SMILES string of the molecule is CC(Cl)(Cl)C(F)(F)CCc1ccccc1. The number of alkyl halides is 4. The molecule has 1 aromatic rings. The largest absolute Gasteiger partial charge is 0.280 e. The molecule has 0 spiro atoms. The van der Waals surface area contributed by atoms with Gasteiger partial charge in [0.1, 0.15) is 0 Å². The first-order chi connectivity index (χ1) is 6.83. The Morgan fingerprint density at radius 1 is 1.13 bits per heavy atom. The minimum absolute atomic E-state index is 0.267. The summed E-state index contributed by atoms with van der Waals surface area (Å²) in [6.07, 6.45) is -0.0800. The normalized spacial score (nSPS) is 12.9. The predicted octanol–water partition coefficient (Wildman–Crippen LogP) is 4.45. The van der Waals surface area contributed by atoms with Crippen LogP contribution in [0.3, 0.4) is 0 Å². The number of hydrogen-bond donors (Lipinski definition) is 0. The van der Waals surface area contributed by atoms with Gasteiger partial charge in [0, 0.05) is 6.42 Å². The lowest BCUT2D eigenvalue weighted by molar-refractivity contribution is -0.0195. The third-order valence-electron chi connectivity index (χ3n) is 2.21. The van der Waals surface area contributed by atoms with Gasteiger partial charge in [0.25, 0.3) is 5.92 Å². The van der Waals surface area contributed by atoms with Crippen molar-refractivity contribution in [3.05, 3.63) is 35.9 Å². The lowest BCUT2D eigenvalue weighted by Gasteiger charge is -2.25. The van der Waals surface area contributed by atoms with E-state index >= 15 is 0 Å². The second kappa shape index (κ2) is 4.67. The quantitative estimate of drug-likeness (QED) is 0.695. The molecule has 0 bridgehead atoms. The molecule has 0 fully saturated rings. The summed E-state index contributed by atoms with van der Waals surface area (Å²) in [7, 11) is 0. The van der Waals surface area contributed by atoms with Gasteiger partial charge in [-0.1, -0.05) is 53.5 Å². The van der Waals surface area contributed by atoms with Gasteiger partial charge in [0.05, 0.1) is 0 Å². The third kappa shape index (κ3) is 3.62. The Kier molecular flexibility index (Phi) is 3.96. The van der Waals surface area contributed by atoms with Crippen molar-refractivity contribution in [1.29, 1.82) is 0 Å². The highest BCUT2D eigenvalue weighted by Crippen LogP contribution is 2.41. The Balaban J connectivity index is 2.58. The van der Waals surface area contributed by atoms with Gasteiger partial charge in [-0.25, -0.2) is 8.78 Å². The van der Waals surface area contributed by atoms with Crippen LogP contribution in [0.1, 0.15) is 18.9 Å². The van der Waals surface area contributed by atoms with Crippen LogP contribution >= 0.6 is 23.2 Å². The van der Waals surface area contributed by atoms with Crippen molar-refractivity contribution in [1.82, 2.24) is 0 Å². The maximum atomic E-state index is 13.4. The van der Waals surface area contributed by atoms with Crippen molar-refractivity contribution in [2.45, 2.75) is 30.0 Å². The van der Waals surface area contributed by atoms with Gasteiger partial charge in [-0.05, 0) is 18.9 Å². The molecule has 4 heteroatoms. The summed E-state index contributed by atoms with van der Waals surface area (Å²) in [5, 5.41) is 0. The van der Waals surface area contributed by atoms with Gasteiger partial charge in [-0.2, -0.15) is 0 Å². The van der Waals surface area contributed by atoms with E-state index in [0.717, 1.165) is 12.5 Å². The van der Waals surface area contributed by atoms with Crippen molar-refractivity contribution in [3.63, 3.8) is 0 Å². The molecule has 0 aliphatic rings. The average Bonchev–Trinajstić information content (AvgIpc) is 2.15. The maximum absolute atomic E-state index is 13.4. The second-order valence-electron chi connectivity index (χ2n) is 3.58. The topological polar surface area (TPSA) is 0 Å². The highest BCUT2D eigenvalue weighted by molar-refractivity contribution is 6.48. The zero-order valence-electron chi connectivity index (χ0n) is 8.31. The van der Waals surface area contributed by atoms with Crippen LogP contribution in [0.15, 0.2) is 30.3 Å². The van der Waals surface area contributed by atoms with Gasteiger partial charge in [-0.15, -0.1) is 0 Å². The van der Waals surface area contributed by atoms with E-state index in [0.29, 0.717) is 0 Å². The average molecular weight is 253 g/mol. The van der Waals surface area contributed by atoms with Crippen LogP contribution in [0, 0.1) is 0 Å². The molecule has 0 nitrogen and oxygen atoms in total. The summed E-state index contributed by atoms with van der Waals surface area (Å²) in [4.78, 5) is 0. The molecule has 0 saturated carbocycles. The minimum atomic E-state index is -3.08. The standard InChI is InChI=1S/C11H12Cl2F2/c1-10(12,13)11(14,15)8-7-9-5-3-2-4-6-9/h2-6H,7-8H2,1H3. The number of aryl methyl sites for hydroxylation is 1. The first-order valence-electron chi connectivity index (χ1n) is 4.62. The van der Waals surface area contributed by atoms with Crippen molar-refractivity contribution >= 4 is 23.2 Å². The molecule has 1 aromatic carbocycles. The molecule has 0 radical (unpaired) electrons. The van der Waals surface area contributed by atoms with E-state index in [1.54, 1.807) is 12.1 Å². The summed E-state index contributed by atoms with van der Waals surface area (Å²) in [5.74, 6) is -3.08. The van der Waals surface area contributed by atoms with Crippen LogP contribution in [-0.2, 0) is 6.42 Å². The molecular weight excluding hydrogens is 241 g/mol. The number of benzene rings is 1. The summed E-state index contributed by atoms with van der Waals surface area (Å²) < 4.78 is 24.7. The molecule has 1 rings (SSSR count). The van der Waals surface area contributed by atoms with E-state index in [9.17, 15) is 8.78 Å². The van der Waals surface area contributed by atoms with Crippen LogP contribution in [0.4, 0.5) is 8.78 Å². The fourth-order valence-electron chi connectivity index (χ4n) is 1.17. The zero-order valence-corrected chi connectivity index (χ0v) is 9.82. The van der Waals surface area contributed by atoms with Crippen LogP contribution in [0.25, 0.3) is 0 Å². The molecule has 0 N–H and O–H groups in total. The van der Waals surface area contributed by atoms with Gasteiger partial charge in [0.2, 0.25) is 0 Å². The molecule has 0 atom stereocenters. The Morgan fingerprint density at radius 2 is 1.67 bits per heavy atom. The molecule has 0 aromatic heterocycles. The van der Waals surface area contributed by atoms with Crippen LogP contribution in [0.5, 0.6) is 0 Å². The monoisotopic (exact) mass is 252 g/mol. The summed E-state index contributed by atoms with van der Waals surface area (Å²) in [6, 6.07) is 9.07. The van der Waals surface area contributed by atoms with Crippen LogP contribution in [0.2, 0.25) is 0 Å². The first-order valence-corrected chi connectivity index (χ1v) is 5.38. The number of halogens is 4. The Bertz CT molecular complexity index is 304. The molecule has 0 saturated heterocycles. The smallest absolute Gasteiger partial charge is 0.203 e. The number of rotatable bonds is 4. The fraction of sp³-hybridized carbons (Fsp3) is 0.455. The number of hydrogen-bond acceptors (Lipinski definition) is 0. The molecule has 0 heterocycles. The highest BCUT2D eigenvalue weighted by atomic mass is 35.5. The lowest BCUT2D eigenvalue weighted by Crippen LogP contribution is -2.35. The van der Waals surface area contributed by atoms with E-state index in [4.69, 9.17) is 23.2 Å². The Labute approximate surface area is 98.2 Å². The molecule has 0 amide bonds. The van der Waals surface area contributed by atoms with Gasteiger partial charge < -0.3 is 0 Å². The van der Waals surface area contributed by atoms with Gasteiger partial charge in [0.15, 0.2) is 4.33 Å². The van der Waals surface area contributed by atoms with Gasteiger partial charge in [-0.3, -0.25) is 0 Å². The predicted molar refractivity (Wildman–Crippen MR) is 59.8 cm³/mol. The summed E-state index contributed by atoms with van der Waals surface area (Å²) in [5.41, 5.74) is 0.856. The van der Waals surface area contributed by atoms with Gasteiger partial charge >= 0.3 is 0 Å². The van der Waals surface area contributed by atoms with Crippen molar-refractivity contribution in [3.8, 4) is 0 Å². The zero-order chi connectivity index (χ0) is 11.5. The van der Waals surface area contributed by atoms with Crippen molar-refractivity contribution in [2.24, 2.45) is 0 Å². The summed E-state index contributed by atoms with van der Waals surface area (Å²) in [6.45, 7) is 1.11. The van der Waals surface area contributed by atoms with Crippen LogP contribution < -0.4 is 0 Å². The van der Waals surface area contributed by atoms with E-state index in [1.807, 2.05) is 18.2 Å². The highest BCUT2D eigenvalue weighted by Gasteiger charge is 2.47. The Hall–Kier alpha value is -0.340. The first kappa shape index (κ1) is 12.7. The maximum Gasteiger partial charge on any atom is 0.280 e. The lowest BCUT2D eigenvalue weighted by atomic mass is 10.0. The van der Waals surface area contributed by atoms with E-state index in [1.165, 1.54) is 0 Å². The molecule has 0 unspecified atom stereocenters. The second-order valence-corrected chi connectivity index (χ2v) is 5.28. The van der Waals surface area contributed by atoms with Crippen LogP contribution in [-0.4, -0.2) is 10.3 Å². The van der Waals surface area contributed by atoms with Crippen molar-refractivity contribution < 1.29 is 8.78 Å². The van der Waals surface area contributed by atoms with E-state index in [2.05, 4.69) is 0 Å². The molecule has 0 aliphatic carbocycles. The van der Waals surface area contributed by atoms with E-state index in [-0.39, 0.29) is 12.8 Å². The fourth-order valence-corrected chi connectivity index (χ4v) is 1.35.